The van der Waals surface area contributed by atoms with E-state index >= 15 is 0 Å². The second kappa shape index (κ2) is 9.33. The summed E-state index contributed by atoms with van der Waals surface area (Å²) >= 11 is 1.60. The van der Waals surface area contributed by atoms with Crippen LogP contribution in [0.4, 0.5) is 0 Å². The number of benzene rings is 2. The third kappa shape index (κ3) is 4.33. The van der Waals surface area contributed by atoms with Crippen LogP contribution in [-0.4, -0.2) is 34.3 Å². The van der Waals surface area contributed by atoms with Crippen LogP contribution < -0.4 is 4.74 Å². The van der Waals surface area contributed by atoms with E-state index in [0.717, 1.165) is 67.2 Å². The van der Waals surface area contributed by atoms with Gasteiger partial charge in [0.25, 0.3) is 0 Å². The molecule has 1 aliphatic carbocycles. The van der Waals surface area contributed by atoms with E-state index in [9.17, 15) is 5.11 Å². The Bertz CT molecular complexity index is 1300. The van der Waals surface area contributed by atoms with Crippen LogP contribution in [0.15, 0.2) is 30.5 Å². The van der Waals surface area contributed by atoms with Crippen molar-refractivity contribution in [1.82, 2.24) is 15.0 Å². The van der Waals surface area contributed by atoms with Crippen LogP contribution in [0.1, 0.15) is 55.0 Å². The Balaban J connectivity index is 1.64. The Morgan fingerprint density at radius 1 is 1.06 bits per heavy atom. The molecule has 0 spiro atoms. The zero-order valence-electron chi connectivity index (χ0n) is 19.3. The number of hydrogen-bond acceptors (Lipinski definition) is 7. The van der Waals surface area contributed by atoms with Gasteiger partial charge in [-0.2, -0.15) is 0 Å². The van der Waals surface area contributed by atoms with Gasteiger partial charge in [0.15, 0.2) is 0 Å². The first kappa shape index (κ1) is 22.2. The van der Waals surface area contributed by atoms with Gasteiger partial charge in [0.2, 0.25) is 0 Å². The minimum absolute atomic E-state index is 0.268. The second-order valence-electron chi connectivity index (χ2n) is 8.90. The molecule has 1 N–H and O–H groups in total. The fourth-order valence-electron chi connectivity index (χ4n) is 4.88. The molecule has 2 heterocycles. The fraction of sp³-hybridized carbons (Fsp3) is 0.423. The number of rotatable bonds is 6. The topological polar surface area (TPSA) is 77.4 Å². The van der Waals surface area contributed by atoms with Crippen LogP contribution in [0.3, 0.4) is 0 Å². The van der Waals surface area contributed by atoms with E-state index < -0.39 is 6.10 Å². The number of methoxy groups -OCH3 is 2. The summed E-state index contributed by atoms with van der Waals surface area (Å²) in [4.78, 5) is 14.5. The average Bonchev–Trinajstić information content (AvgIpc) is 3.27. The largest absolute Gasteiger partial charge is 0.497 e. The van der Waals surface area contributed by atoms with Gasteiger partial charge in [-0.15, -0.1) is 11.3 Å². The Morgan fingerprint density at radius 2 is 1.88 bits per heavy atom. The maximum Gasteiger partial charge on any atom is 0.126 e. The van der Waals surface area contributed by atoms with Gasteiger partial charge in [0.05, 0.1) is 53.0 Å². The molecule has 0 radical (unpaired) electrons. The SMILES string of the molecule is COCc1cnc2c(-c3nc4c(C(O)C5CCCCC5)cc(OC)cc4s3)cc(C)cc2n1. The third-order valence-electron chi connectivity index (χ3n) is 6.51. The summed E-state index contributed by atoms with van der Waals surface area (Å²) in [6, 6.07) is 8.11. The molecule has 2 aromatic carbocycles. The van der Waals surface area contributed by atoms with Crippen molar-refractivity contribution >= 4 is 32.6 Å². The Morgan fingerprint density at radius 3 is 2.64 bits per heavy atom. The molecule has 5 rings (SSSR count). The van der Waals surface area contributed by atoms with E-state index in [2.05, 4.69) is 13.0 Å². The number of thiazole rings is 1. The summed E-state index contributed by atoms with van der Waals surface area (Å²) < 4.78 is 11.8. The van der Waals surface area contributed by atoms with Gasteiger partial charge in [-0.3, -0.25) is 4.98 Å². The lowest BCUT2D eigenvalue weighted by Crippen LogP contribution is -2.16. The van der Waals surface area contributed by atoms with Gasteiger partial charge < -0.3 is 14.6 Å². The molecule has 0 aliphatic heterocycles. The number of hydrogen-bond donors (Lipinski definition) is 1. The quantitative estimate of drug-likeness (QED) is 0.379. The molecular weight excluding hydrogens is 434 g/mol. The Hall–Kier alpha value is -2.61. The van der Waals surface area contributed by atoms with Crippen molar-refractivity contribution in [3.05, 3.63) is 47.3 Å². The lowest BCUT2D eigenvalue weighted by Gasteiger charge is -2.27. The van der Waals surface area contributed by atoms with Crippen LogP contribution in [0, 0.1) is 12.8 Å². The van der Waals surface area contributed by atoms with Crippen LogP contribution in [-0.2, 0) is 11.3 Å². The van der Waals surface area contributed by atoms with Crippen molar-refractivity contribution < 1.29 is 14.6 Å². The van der Waals surface area contributed by atoms with Crippen LogP contribution in [0.5, 0.6) is 5.75 Å². The number of aliphatic hydroxyl groups excluding tert-OH is 1. The number of fused-ring (bicyclic) bond motifs is 2. The average molecular weight is 464 g/mol. The van der Waals surface area contributed by atoms with E-state index in [-0.39, 0.29) is 5.92 Å². The lowest BCUT2D eigenvalue weighted by atomic mass is 9.82. The molecule has 7 heteroatoms. The molecule has 1 aliphatic rings. The lowest BCUT2D eigenvalue weighted by molar-refractivity contribution is 0.0857. The van der Waals surface area contributed by atoms with E-state index in [4.69, 9.17) is 24.4 Å². The summed E-state index contributed by atoms with van der Waals surface area (Å²) in [5, 5.41) is 12.2. The minimum atomic E-state index is -0.538. The summed E-state index contributed by atoms with van der Waals surface area (Å²) in [5.74, 6) is 1.02. The third-order valence-corrected chi connectivity index (χ3v) is 7.55. The van der Waals surface area contributed by atoms with Gasteiger partial charge in [-0.1, -0.05) is 19.3 Å². The van der Waals surface area contributed by atoms with Crippen LogP contribution in [0.25, 0.3) is 31.8 Å². The molecule has 1 fully saturated rings. The summed E-state index contributed by atoms with van der Waals surface area (Å²) in [5.41, 5.74) is 6.23. The zero-order chi connectivity index (χ0) is 22.9. The normalized spacial score (nSPS) is 15.9. The van der Waals surface area contributed by atoms with E-state index in [0.29, 0.717) is 6.61 Å². The smallest absolute Gasteiger partial charge is 0.126 e. The number of aromatic nitrogens is 3. The van der Waals surface area contributed by atoms with Crippen molar-refractivity contribution in [2.24, 2.45) is 5.92 Å². The molecule has 33 heavy (non-hydrogen) atoms. The maximum absolute atomic E-state index is 11.3. The molecule has 0 amide bonds. The highest BCUT2D eigenvalue weighted by Crippen LogP contribution is 2.42. The molecule has 1 atom stereocenters. The first-order valence-electron chi connectivity index (χ1n) is 11.5. The van der Waals surface area contributed by atoms with Crippen molar-refractivity contribution in [2.45, 2.75) is 51.7 Å². The molecule has 0 bridgehead atoms. The van der Waals surface area contributed by atoms with E-state index in [1.807, 2.05) is 18.2 Å². The summed E-state index contributed by atoms with van der Waals surface area (Å²) in [6.07, 6.45) is 6.94. The highest BCUT2D eigenvalue weighted by molar-refractivity contribution is 7.21. The first-order chi connectivity index (χ1) is 16.1. The molecule has 172 valence electrons. The highest BCUT2D eigenvalue weighted by Gasteiger charge is 2.27. The summed E-state index contributed by atoms with van der Waals surface area (Å²) in [7, 11) is 3.32. The molecular formula is C26H29N3O3S. The van der Waals surface area contributed by atoms with Crippen molar-refractivity contribution in [3.8, 4) is 16.3 Å². The number of ether oxygens (including phenoxy) is 2. The van der Waals surface area contributed by atoms with Gasteiger partial charge >= 0.3 is 0 Å². The van der Waals surface area contributed by atoms with Crippen molar-refractivity contribution in [3.63, 3.8) is 0 Å². The fourth-order valence-corrected chi connectivity index (χ4v) is 5.92. The van der Waals surface area contributed by atoms with Crippen LogP contribution >= 0.6 is 11.3 Å². The predicted molar refractivity (Wildman–Crippen MR) is 132 cm³/mol. The molecule has 6 nitrogen and oxygen atoms in total. The molecule has 1 unspecified atom stereocenters. The predicted octanol–water partition coefficient (Wildman–Crippen LogP) is 5.98. The number of aryl methyl sites for hydroxylation is 1. The van der Waals surface area contributed by atoms with Crippen LogP contribution in [0.2, 0.25) is 0 Å². The maximum atomic E-state index is 11.3. The van der Waals surface area contributed by atoms with E-state index in [1.54, 1.807) is 31.8 Å². The number of nitrogens with zero attached hydrogens (tertiary/aromatic N) is 3. The second-order valence-corrected chi connectivity index (χ2v) is 9.93. The molecule has 0 saturated heterocycles. The first-order valence-corrected chi connectivity index (χ1v) is 12.3. The Labute approximate surface area is 197 Å². The van der Waals surface area contributed by atoms with Gasteiger partial charge in [0, 0.05) is 18.2 Å². The van der Waals surface area contributed by atoms with Gasteiger partial charge in [-0.25, -0.2) is 9.97 Å². The zero-order valence-corrected chi connectivity index (χ0v) is 20.1. The van der Waals surface area contributed by atoms with Crippen molar-refractivity contribution in [1.29, 1.82) is 0 Å². The Kier molecular flexibility index (Phi) is 6.27. The number of aliphatic hydroxyl groups is 1. The molecule has 1 saturated carbocycles. The molecule has 2 aromatic heterocycles. The van der Waals surface area contributed by atoms with Crippen molar-refractivity contribution in [2.75, 3.05) is 14.2 Å². The minimum Gasteiger partial charge on any atom is -0.497 e. The van der Waals surface area contributed by atoms with Gasteiger partial charge in [-0.05, 0) is 55.5 Å². The standard InChI is InChI=1S/C26H29N3O3S/c1-15-9-20(23-21(10-15)28-17(13-27-23)14-31-2)26-29-24-19(11-18(32-3)12-22(24)33-26)25(30)16-7-5-4-6-8-16/h9-13,16,25,30H,4-8,14H2,1-3H3. The van der Waals surface area contributed by atoms with Gasteiger partial charge in [0.1, 0.15) is 10.8 Å². The molecule has 4 aromatic rings. The monoisotopic (exact) mass is 463 g/mol. The van der Waals surface area contributed by atoms with E-state index in [1.165, 1.54) is 19.3 Å². The highest BCUT2D eigenvalue weighted by atomic mass is 32.1. The summed E-state index contributed by atoms with van der Waals surface area (Å²) in [6.45, 7) is 2.48.